The van der Waals surface area contributed by atoms with E-state index < -0.39 is 10.0 Å². The van der Waals surface area contributed by atoms with Crippen LogP contribution in [0.5, 0.6) is 17.2 Å². The molecule has 28 heavy (non-hydrogen) atoms. The van der Waals surface area contributed by atoms with Gasteiger partial charge in [0.2, 0.25) is 10.0 Å². The Balaban J connectivity index is 1.68. The minimum Gasteiger partial charge on any atom is -0.494 e. The van der Waals surface area contributed by atoms with Crippen molar-refractivity contribution >= 4 is 10.0 Å². The second kappa shape index (κ2) is 8.91. The first-order valence-electron chi connectivity index (χ1n) is 9.06. The van der Waals surface area contributed by atoms with Crippen LogP contribution in [0.15, 0.2) is 83.8 Å². The van der Waals surface area contributed by atoms with E-state index in [1.165, 1.54) is 12.1 Å². The van der Waals surface area contributed by atoms with Crippen LogP contribution in [0.1, 0.15) is 25.5 Å². The molecule has 1 N–H and O–H groups in total. The molecule has 3 aromatic rings. The molecule has 0 spiro atoms. The summed E-state index contributed by atoms with van der Waals surface area (Å²) < 4.78 is 39.2. The van der Waals surface area contributed by atoms with Gasteiger partial charge in [-0.3, -0.25) is 0 Å². The zero-order chi connectivity index (χ0) is 20.0. The monoisotopic (exact) mass is 397 g/mol. The molecular weight excluding hydrogens is 374 g/mol. The maximum absolute atomic E-state index is 12.7. The molecule has 0 saturated heterocycles. The van der Waals surface area contributed by atoms with Crippen molar-refractivity contribution in [2.75, 3.05) is 6.61 Å². The maximum Gasteiger partial charge on any atom is 0.241 e. The number of benzene rings is 3. The zero-order valence-electron chi connectivity index (χ0n) is 15.8. The zero-order valence-corrected chi connectivity index (χ0v) is 16.6. The van der Waals surface area contributed by atoms with E-state index in [2.05, 4.69) is 4.72 Å². The first-order valence-corrected chi connectivity index (χ1v) is 10.5. The summed E-state index contributed by atoms with van der Waals surface area (Å²) >= 11 is 0. The highest BCUT2D eigenvalue weighted by Crippen LogP contribution is 2.24. The van der Waals surface area contributed by atoms with Crippen LogP contribution in [0.3, 0.4) is 0 Å². The number of nitrogens with one attached hydrogen (secondary N) is 1. The van der Waals surface area contributed by atoms with Crippen molar-refractivity contribution < 1.29 is 17.9 Å². The fraction of sp³-hybridized carbons (Fsp3) is 0.182. The van der Waals surface area contributed by atoms with Crippen LogP contribution in [-0.4, -0.2) is 15.0 Å². The van der Waals surface area contributed by atoms with Crippen LogP contribution < -0.4 is 14.2 Å². The van der Waals surface area contributed by atoms with Gasteiger partial charge in [-0.1, -0.05) is 30.3 Å². The quantitative estimate of drug-likeness (QED) is 0.586. The van der Waals surface area contributed by atoms with Crippen molar-refractivity contribution in [3.63, 3.8) is 0 Å². The molecule has 0 heterocycles. The summed E-state index contributed by atoms with van der Waals surface area (Å²) in [5.74, 6) is 2.03. The Bertz CT molecular complexity index is 985. The average Bonchev–Trinajstić information content (AvgIpc) is 2.70. The fourth-order valence-electron chi connectivity index (χ4n) is 2.70. The average molecular weight is 397 g/mol. The largest absolute Gasteiger partial charge is 0.494 e. The lowest BCUT2D eigenvalue weighted by Gasteiger charge is -2.15. The smallest absolute Gasteiger partial charge is 0.241 e. The summed E-state index contributed by atoms with van der Waals surface area (Å²) in [4.78, 5) is 0.186. The molecule has 0 aliphatic heterocycles. The number of ether oxygens (including phenoxy) is 2. The highest BCUT2D eigenvalue weighted by atomic mass is 32.2. The van der Waals surface area contributed by atoms with Crippen molar-refractivity contribution in [1.29, 1.82) is 0 Å². The molecule has 0 saturated carbocycles. The van der Waals surface area contributed by atoms with Crippen molar-refractivity contribution in [3.8, 4) is 17.2 Å². The van der Waals surface area contributed by atoms with E-state index in [4.69, 9.17) is 9.47 Å². The van der Waals surface area contributed by atoms with Crippen LogP contribution in [0.4, 0.5) is 0 Å². The van der Waals surface area contributed by atoms with E-state index in [1.54, 1.807) is 19.1 Å². The Labute approximate surface area is 166 Å². The third-order valence-corrected chi connectivity index (χ3v) is 5.69. The van der Waals surface area contributed by atoms with Gasteiger partial charge in [0.15, 0.2) is 0 Å². The molecule has 0 aliphatic rings. The number of sulfonamides is 1. The topological polar surface area (TPSA) is 64.6 Å². The Kier molecular flexibility index (Phi) is 6.34. The predicted molar refractivity (Wildman–Crippen MR) is 109 cm³/mol. The number of para-hydroxylation sites is 1. The fourth-order valence-corrected chi connectivity index (χ4v) is 3.93. The third kappa shape index (κ3) is 5.12. The first-order chi connectivity index (χ1) is 13.5. The number of hydrogen-bond acceptors (Lipinski definition) is 4. The van der Waals surface area contributed by atoms with E-state index >= 15 is 0 Å². The van der Waals surface area contributed by atoms with E-state index in [-0.39, 0.29) is 10.9 Å². The molecule has 0 fully saturated rings. The van der Waals surface area contributed by atoms with Gasteiger partial charge in [-0.25, -0.2) is 13.1 Å². The molecule has 0 unspecified atom stereocenters. The molecule has 1 atom stereocenters. The Morgan fingerprint density at radius 3 is 2.00 bits per heavy atom. The second-order valence-corrected chi connectivity index (χ2v) is 7.95. The minimum absolute atomic E-state index is 0.186. The Hall–Kier alpha value is -2.83. The molecule has 0 aliphatic carbocycles. The van der Waals surface area contributed by atoms with Crippen molar-refractivity contribution in [2.24, 2.45) is 0 Å². The maximum atomic E-state index is 12.7. The summed E-state index contributed by atoms with van der Waals surface area (Å²) in [6, 6.07) is 22.7. The first kappa shape index (κ1) is 19.9. The number of hydrogen-bond donors (Lipinski definition) is 1. The third-order valence-electron chi connectivity index (χ3n) is 4.14. The summed E-state index contributed by atoms with van der Waals surface area (Å²) in [6.07, 6.45) is 0. The molecule has 6 heteroatoms. The van der Waals surface area contributed by atoms with E-state index in [1.807, 2.05) is 61.5 Å². The van der Waals surface area contributed by atoms with Gasteiger partial charge >= 0.3 is 0 Å². The van der Waals surface area contributed by atoms with Gasteiger partial charge in [0, 0.05) is 6.04 Å². The van der Waals surface area contributed by atoms with Crippen molar-refractivity contribution in [1.82, 2.24) is 4.72 Å². The van der Waals surface area contributed by atoms with Crippen LogP contribution in [0.2, 0.25) is 0 Å². The molecule has 146 valence electrons. The Morgan fingerprint density at radius 2 is 1.39 bits per heavy atom. The molecule has 0 amide bonds. The van der Waals surface area contributed by atoms with E-state index in [9.17, 15) is 8.42 Å². The van der Waals surface area contributed by atoms with Gasteiger partial charge in [-0.05, 0) is 67.9 Å². The molecule has 0 aromatic heterocycles. The van der Waals surface area contributed by atoms with E-state index in [0.29, 0.717) is 18.1 Å². The van der Waals surface area contributed by atoms with Crippen LogP contribution in [0.25, 0.3) is 0 Å². The highest BCUT2D eigenvalue weighted by Gasteiger charge is 2.18. The number of rotatable bonds is 8. The highest BCUT2D eigenvalue weighted by molar-refractivity contribution is 7.89. The minimum atomic E-state index is -3.65. The normalized spacial score (nSPS) is 12.4. The van der Waals surface area contributed by atoms with Gasteiger partial charge in [-0.2, -0.15) is 0 Å². The SMILES string of the molecule is CCOc1ccc([C@H](C)NS(=O)(=O)c2ccc(Oc3ccccc3)cc2)cc1. The lowest BCUT2D eigenvalue weighted by molar-refractivity contribution is 0.340. The molecule has 0 bridgehead atoms. The summed E-state index contributed by atoms with van der Waals surface area (Å²) in [7, 11) is -3.65. The molecule has 0 radical (unpaired) electrons. The van der Waals surface area contributed by atoms with Crippen LogP contribution >= 0.6 is 0 Å². The van der Waals surface area contributed by atoms with Crippen LogP contribution in [-0.2, 0) is 10.0 Å². The van der Waals surface area contributed by atoms with Gasteiger partial charge in [0.05, 0.1) is 11.5 Å². The second-order valence-electron chi connectivity index (χ2n) is 6.23. The molecule has 3 rings (SSSR count). The molecule has 3 aromatic carbocycles. The molecule has 5 nitrogen and oxygen atoms in total. The van der Waals surface area contributed by atoms with Gasteiger partial charge < -0.3 is 9.47 Å². The van der Waals surface area contributed by atoms with E-state index in [0.717, 1.165) is 11.3 Å². The predicted octanol–water partition coefficient (Wildman–Crippen LogP) is 4.92. The van der Waals surface area contributed by atoms with Crippen molar-refractivity contribution in [3.05, 3.63) is 84.4 Å². The summed E-state index contributed by atoms with van der Waals surface area (Å²) in [5, 5.41) is 0. The summed E-state index contributed by atoms with van der Waals surface area (Å²) in [5.41, 5.74) is 0.857. The van der Waals surface area contributed by atoms with Gasteiger partial charge in [-0.15, -0.1) is 0 Å². The Morgan fingerprint density at radius 1 is 0.821 bits per heavy atom. The standard InChI is InChI=1S/C22H23NO4S/c1-3-26-19-11-9-18(10-12-19)17(2)23-28(24,25)22-15-13-21(14-16-22)27-20-7-5-4-6-8-20/h4-17,23H,3H2,1-2H3/t17-/m0/s1. The van der Waals surface area contributed by atoms with Crippen LogP contribution in [0, 0.1) is 0 Å². The summed E-state index contributed by atoms with van der Waals surface area (Å²) in [6.45, 7) is 4.31. The van der Waals surface area contributed by atoms with Gasteiger partial charge in [0.25, 0.3) is 0 Å². The van der Waals surface area contributed by atoms with Crippen molar-refractivity contribution in [2.45, 2.75) is 24.8 Å². The lowest BCUT2D eigenvalue weighted by atomic mass is 10.1. The lowest BCUT2D eigenvalue weighted by Crippen LogP contribution is -2.26. The van der Waals surface area contributed by atoms with Gasteiger partial charge in [0.1, 0.15) is 17.2 Å². The molecular formula is C22H23NO4S.